The summed E-state index contributed by atoms with van der Waals surface area (Å²) in [6, 6.07) is 18.0. The predicted octanol–water partition coefficient (Wildman–Crippen LogP) is 3.41. The van der Waals surface area contributed by atoms with Gasteiger partial charge in [-0.05, 0) is 36.5 Å². The number of benzene rings is 2. The number of aryl methyl sites for hydroxylation is 2. The first-order valence-electron chi connectivity index (χ1n) is 9.14. The predicted molar refractivity (Wildman–Crippen MR) is 105 cm³/mol. The number of nitrogens with zero attached hydrogens (tertiary/aromatic N) is 2. The number of hydrogen-bond acceptors (Lipinski definition) is 2. The Hall–Kier alpha value is -2.62. The van der Waals surface area contributed by atoms with Gasteiger partial charge in [0.2, 0.25) is 5.91 Å². The van der Waals surface area contributed by atoms with Crippen molar-refractivity contribution in [2.45, 2.75) is 26.2 Å². The third kappa shape index (κ3) is 5.45. The Morgan fingerprint density at radius 3 is 2.19 bits per heavy atom. The first-order chi connectivity index (χ1) is 12.5. The second-order valence-electron chi connectivity index (χ2n) is 6.66. The maximum Gasteiger partial charge on any atom is 0.254 e. The van der Waals surface area contributed by atoms with Crippen molar-refractivity contribution < 1.29 is 9.59 Å². The molecular weight excluding hydrogens is 324 g/mol. The third-order valence-electron chi connectivity index (χ3n) is 4.38. The molecule has 0 aliphatic heterocycles. The van der Waals surface area contributed by atoms with Gasteiger partial charge in [0, 0.05) is 26.2 Å². The second-order valence-corrected chi connectivity index (χ2v) is 6.66. The van der Waals surface area contributed by atoms with E-state index < -0.39 is 0 Å². The maximum absolute atomic E-state index is 13.1. The molecular formula is C22H28N2O2. The van der Waals surface area contributed by atoms with Crippen LogP contribution in [0.3, 0.4) is 0 Å². The molecule has 2 amide bonds. The van der Waals surface area contributed by atoms with E-state index in [1.54, 1.807) is 19.0 Å². The largest absolute Gasteiger partial charge is 0.347 e. The van der Waals surface area contributed by atoms with Crippen LogP contribution < -0.4 is 0 Å². The fourth-order valence-corrected chi connectivity index (χ4v) is 2.87. The number of amides is 2. The molecule has 0 heterocycles. The zero-order chi connectivity index (χ0) is 18.9. The molecule has 0 saturated heterocycles. The molecule has 138 valence electrons. The fraction of sp³-hybridized carbons (Fsp3) is 0.364. The lowest BCUT2D eigenvalue weighted by atomic mass is 9.99. The summed E-state index contributed by atoms with van der Waals surface area (Å²) in [5.41, 5.74) is 2.98. The highest BCUT2D eigenvalue weighted by molar-refractivity contribution is 5.97. The first kappa shape index (κ1) is 19.7. The molecule has 0 aromatic heterocycles. The standard InChI is InChI=1S/C22H28N2O2/c1-4-16-24(17-21(25)23(2)3)22(26)20-13-9-8-12-19(20)15-14-18-10-6-5-7-11-18/h5-13H,4,14-17H2,1-3H3. The van der Waals surface area contributed by atoms with Crippen LogP contribution in [-0.2, 0) is 17.6 Å². The summed E-state index contributed by atoms with van der Waals surface area (Å²) in [6.45, 7) is 2.71. The average molecular weight is 352 g/mol. The van der Waals surface area contributed by atoms with Crippen molar-refractivity contribution in [3.63, 3.8) is 0 Å². The fourth-order valence-electron chi connectivity index (χ4n) is 2.87. The van der Waals surface area contributed by atoms with Crippen LogP contribution >= 0.6 is 0 Å². The number of carbonyl (C=O) groups is 2. The topological polar surface area (TPSA) is 40.6 Å². The molecule has 4 heteroatoms. The lowest BCUT2D eigenvalue weighted by Crippen LogP contribution is -2.41. The highest BCUT2D eigenvalue weighted by Gasteiger charge is 2.21. The summed E-state index contributed by atoms with van der Waals surface area (Å²) < 4.78 is 0. The van der Waals surface area contributed by atoms with Crippen molar-refractivity contribution in [3.8, 4) is 0 Å². The summed E-state index contributed by atoms with van der Waals surface area (Å²) in [5, 5.41) is 0. The zero-order valence-electron chi connectivity index (χ0n) is 15.9. The van der Waals surface area contributed by atoms with Gasteiger partial charge in [-0.2, -0.15) is 0 Å². The van der Waals surface area contributed by atoms with Crippen LogP contribution in [0, 0.1) is 0 Å². The number of hydrogen-bond donors (Lipinski definition) is 0. The lowest BCUT2D eigenvalue weighted by molar-refractivity contribution is -0.129. The van der Waals surface area contributed by atoms with Gasteiger partial charge >= 0.3 is 0 Å². The van der Waals surface area contributed by atoms with E-state index in [9.17, 15) is 9.59 Å². The van der Waals surface area contributed by atoms with E-state index in [0.717, 1.165) is 24.8 Å². The summed E-state index contributed by atoms with van der Waals surface area (Å²) >= 11 is 0. The maximum atomic E-state index is 13.1. The Morgan fingerprint density at radius 1 is 0.885 bits per heavy atom. The monoisotopic (exact) mass is 352 g/mol. The Morgan fingerprint density at radius 2 is 1.54 bits per heavy atom. The van der Waals surface area contributed by atoms with E-state index in [1.165, 1.54) is 10.5 Å². The van der Waals surface area contributed by atoms with Crippen LogP contribution in [0.25, 0.3) is 0 Å². The van der Waals surface area contributed by atoms with Crippen molar-refractivity contribution in [3.05, 3.63) is 71.3 Å². The Bertz CT molecular complexity index is 726. The number of carbonyl (C=O) groups excluding carboxylic acids is 2. The summed E-state index contributed by atoms with van der Waals surface area (Å²) in [5.74, 6) is -0.126. The molecule has 4 nitrogen and oxygen atoms in total. The van der Waals surface area contributed by atoms with Crippen molar-refractivity contribution in [1.29, 1.82) is 0 Å². The Kier molecular flexibility index (Phi) is 7.39. The number of rotatable bonds is 8. The highest BCUT2D eigenvalue weighted by Crippen LogP contribution is 2.15. The quantitative estimate of drug-likeness (QED) is 0.730. The molecule has 0 aliphatic rings. The van der Waals surface area contributed by atoms with Gasteiger partial charge in [0.25, 0.3) is 5.91 Å². The van der Waals surface area contributed by atoms with E-state index in [1.807, 2.05) is 49.4 Å². The minimum absolute atomic E-state index is 0.0615. The molecule has 0 atom stereocenters. The molecule has 0 radical (unpaired) electrons. The van der Waals surface area contributed by atoms with E-state index in [0.29, 0.717) is 12.1 Å². The van der Waals surface area contributed by atoms with Gasteiger partial charge in [-0.1, -0.05) is 55.5 Å². The lowest BCUT2D eigenvalue weighted by Gasteiger charge is -2.24. The summed E-state index contributed by atoms with van der Waals surface area (Å²) in [7, 11) is 3.43. The molecule has 0 aliphatic carbocycles. The average Bonchev–Trinajstić information content (AvgIpc) is 2.66. The van der Waals surface area contributed by atoms with Crippen molar-refractivity contribution in [1.82, 2.24) is 9.80 Å². The van der Waals surface area contributed by atoms with Crippen LogP contribution in [0.1, 0.15) is 34.8 Å². The second kappa shape index (κ2) is 9.76. The molecule has 0 spiro atoms. The van der Waals surface area contributed by atoms with E-state index in [2.05, 4.69) is 12.1 Å². The van der Waals surface area contributed by atoms with Crippen LogP contribution in [0.15, 0.2) is 54.6 Å². The van der Waals surface area contributed by atoms with Crippen molar-refractivity contribution >= 4 is 11.8 Å². The normalized spacial score (nSPS) is 10.4. The molecule has 2 aromatic rings. The first-order valence-corrected chi connectivity index (χ1v) is 9.14. The van der Waals surface area contributed by atoms with Gasteiger partial charge in [-0.3, -0.25) is 9.59 Å². The zero-order valence-corrected chi connectivity index (χ0v) is 15.9. The Labute approximate surface area is 156 Å². The van der Waals surface area contributed by atoms with Crippen LogP contribution in [0.5, 0.6) is 0 Å². The van der Waals surface area contributed by atoms with Crippen molar-refractivity contribution in [2.24, 2.45) is 0 Å². The molecule has 0 unspecified atom stereocenters. The molecule has 0 bridgehead atoms. The van der Waals surface area contributed by atoms with Gasteiger partial charge < -0.3 is 9.80 Å². The van der Waals surface area contributed by atoms with Gasteiger partial charge in [-0.15, -0.1) is 0 Å². The van der Waals surface area contributed by atoms with Crippen LogP contribution in [-0.4, -0.2) is 48.8 Å². The molecule has 0 fully saturated rings. The van der Waals surface area contributed by atoms with Crippen LogP contribution in [0.4, 0.5) is 0 Å². The number of likely N-dealkylation sites (N-methyl/N-ethyl adjacent to an activating group) is 1. The van der Waals surface area contributed by atoms with Crippen LogP contribution in [0.2, 0.25) is 0 Å². The molecule has 0 N–H and O–H groups in total. The van der Waals surface area contributed by atoms with Gasteiger partial charge in [0.05, 0.1) is 0 Å². The third-order valence-corrected chi connectivity index (χ3v) is 4.38. The van der Waals surface area contributed by atoms with E-state index in [4.69, 9.17) is 0 Å². The summed E-state index contributed by atoms with van der Waals surface area (Å²) in [4.78, 5) is 28.4. The summed E-state index contributed by atoms with van der Waals surface area (Å²) in [6.07, 6.45) is 2.50. The van der Waals surface area contributed by atoms with E-state index >= 15 is 0 Å². The van der Waals surface area contributed by atoms with Gasteiger partial charge in [-0.25, -0.2) is 0 Å². The van der Waals surface area contributed by atoms with E-state index in [-0.39, 0.29) is 18.4 Å². The van der Waals surface area contributed by atoms with Gasteiger partial charge in [0.1, 0.15) is 6.54 Å². The van der Waals surface area contributed by atoms with Crippen molar-refractivity contribution in [2.75, 3.05) is 27.2 Å². The minimum atomic E-state index is -0.0642. The van der Waals surface area contributed by atoms with Gasteiger partial charge in [0.15, 0.2) is 0 Å². The smallest absolute Gasteiger partial charge is 0.254 e. The molecule has 2 aromatic carbocycles. The molecule has 2 rings (SSSR count). The Balaban J connectivity index is 2.17. The molecule has 26 heavy (non-hydrogen) atoms. The SMILES string of the molecule is CCCN(CC(=O)N(C)C)C(=O)c1ccccc1CCc1ccccc1. The highest BCUT2D eigenvalue weighted by atomic mass is 16.2. The molecule has 0 saturated carbocycles. The minimum Gasteiger partial charge on any atom is -0.347 e.